The van der Waals surface area contributed by atoms with Gasteiger partial charge in [-0.15, -0.1) is 0 Å². The summed E-state index contributed by atoms with van der Waals surface area (Å²) in [6, 6.07) is 17.7. The van der Waals surface area contributed by atoms with Crippen LogP contribution < -0.4 is 10.1 Å². The maximum Gasteiger partial charge on any atom is 0.162 e. The summed E-state index contributed by atoms with van der Waals surface area (Å²) >= 11 is 0. The fourth-order valence-corrected chi connectivity index (χ4v) is 5.07. The average Bonchev–Trinajstić information content (AvgIpc) is 2.73. The predicted molar refractivity (Wildman–Crippen MR) is 125 cm³/mol. The zero-order valence-corrected chi connectivity index (χ0v) is 18.2. The number of phenols is 1. The Kier molecular flexibility index (Phi) is 4.54. The van der Waals surface area contributed by atoms with Gasteiger partial charge in [0.05, 0.1) is 12.6 Å². The second-order valence-corrected chi connectivity index (χ2v) is 9.28. The summed E-state index contributed by atoms with van der Waals surface area (Å²) in [4.78, 5) is 13.5. The molecule has 0 fully saturated rings. The van der Waals surface area contributed by atoms with Crippen LogP contribution in [0.2, 0.25) is 0 Å². The van der Waals surface area contributed by atoms with Gasteiger partial charge in [-0.1, -0.05) is 50.2 Å². The smallest absolute Gasteiger partial charge is 0.162 e. The van der Waals surface area contributed by atoms with Crippen LogP contribution in [0.4, 0.5) is 5.69 Å². The minimum Gasteiger partial charge on any atom is -0.504 e. The molecule has 0 aromatic heterocycles. The molecule has 1 unspecified atom stereocenters. The number of ketones is 1. The van der Waals surface area contributed by atoms with Crippen LogP contribution >= 0.6 is 0 Å². The molecule has 0 bridgehead atoms. The van der Waals surface area contributed by atoms with Gasteiger partial charge in [0.25, 0.3) is 0 Å². The first kappa shape index (κ1) is 19.7. The summed E-state index contributed by atoms with van der Waals surface area (Å²) in [6.45, 7) is 6.69. The first-order valence-electron chi connectivity index (χ1n) is 10.9. The Balaban J connectivity index is 1.75. The van der Waals surface area contributed by atoms with E-state index in [2.05, 4.69) is 49.5 Å². The number of anilines is 1. The van der Waals surface area contributed by atoms with Gasteiger partial charge in [-0.25, -0.2) is 0 Å². The summed E-state index contributed by atoms with van der Waals surface area (Å²) in [5.74, 6) is 0.739. The molecule has 4 heteroatoms. The van der Waals surface area contributed by atoms with Crippen LogP contribution in [-0.2, 0) is 4.79 Å². The van der Waals surface area contributed by atoms with Gasteiger partial charge in [-0.05, 0) is 58.9 Å². The molecule has 2 aliphatic rings. The largest absolute Gasteiger partial charge is 0.504 e. The topological polar surface area (TPSA) is 58.6 Å². The normalized spacial score (nSPS) is 19.6. The van der Waals surface area contributed by atoms with Crippen molar-refractivity contribution in [3.8, 4) is 11.5 Å². The highest BCUT2D eigenvalue weighted by atomic mass is 16.5. The van der Waals surface area contributed by atoms with E-state index in [0.717, 1.165) is 34.4 Å². The van der Waals surface area contributed by atoms with Gasteiger partial charge in [-0.2, -0.15) is 0 Å². The molecule has 31 heavy (non-hydrogen) atoms. The van der Waals surface area contributed by atoms with Crippen molar-refractivity contribution in [2.45, 2.75) is 39.7 Å². The summed E-state index contributed by atoms with van der Waals surface area (Å²) in [7, 11) is 0. The summed E-state index contributed by atoms with van der Waals surface area (Å²) in [5.41, 5.74) is 5.00. The van der Waals surface area contributed by atoms with E-state index in [-0.39, 0.29) is 23.0 Å². The molecule has 1 aliphatic carbocycles. The first-order chi connectivity index (χ1) is 14.9. The van der Waals surface area contributed by atoms with Gasteiger partial charge in [0, 0.05) is 23.2 Å². The molecular weight excluding hydrogens is 386 g/mol. The molecule has 4 nitrogen and oxygen atoms in total. The van der Waals surface area contributed by atoms with Crippen molar-refractivity contribution in [3.05, 3.63) is 71.3 Å². The molecule has 1 atom stereocenters. The van der Waals surface area contributed by atoms with Crippen LogP contribution in [0.3, 0.4) is 0 Å². The maximum absolute atomic E-state index is 13.5. The van der Waals surface area contributed by atoms with E-state index in [1.807, 2.05) is 25.1 Å². The molecule has 158 valence electrons. The molecule has 0 radical (unpaired) electrons. The van der Waals surface area contributed by atoms with Crippen LogP contribution in [0.25, 0.3) is 16.3 Å². The third-order valence-corrected chi connectivity index (χ3v) is 6.36. The molecule has 0 amide bonds. The number of phenolic OH excluding ortho intramolecular Hbond substituents is 1. The van der Waals surface area contributed by atoms with E-state index in [9.17, 15) is 9.90 Å². The van der Waals surface area contributed by atoms with Crippen molar-refractivity contribution < 1.29 is 14.6 Å². The fourth-order valence-electron chi connectivity index (χ4n) is 5.07. The van der Waals surface area contributed by atoms with Crippen molar-refractivity contribution in [2.24, 2.45) is 5.41 Å². The molecule has 0 saturated carbocycles. The van der Waals surface area contributed by atoms with Crippen molar-refractivity contribution in [1.29, 1.82) is 0 Å². The Bertz CT molecular complexity index is 1240. The number of rotatable bonds is 3. The van der Waals surface area contributed by atoms with Crippen LogP contribution in [0.1, 0.15) is 50.8 Å². The van der Waals surface area contributed by atoms with Crippen LogP contribution in [-0.4, -0.2) is 17.5 Å². The zero-order chi connectivity index (χ0) is 21.8. The summed E-state index contributed by atoms with van der Waals surface area (Å²) in [5, 5.41) is 16.1. The number of fused-ring (bicyclic) bond motifs is 4. The lowest BCUT2D eigenvalue weighted by atomic mass is 9.68. The lowest BCUT2D eigenvalue weighted by Crippen LogP contribution is -2.33. The lowest BCUT2D eigenvalue weighted by Gasteiger charge is -2.40. The fraction of sp³-hybridized carbons (Fsp3) is 0.296. The summed E-state index contributed by atoms with van der Waals surface area (Å²) < 4.78 is 5.61. The third-order valence-electron chi connectivity index (χ3n) is 6.36. The van der Waals surface area contributed by atoms with E-state index in [1.54, 1.807) is 6.07 Å². The number of nitrogens with one attached hydrogen (secondary N) is 1. The number of carbonyl (C=O) groups is 1. The molecular formula is C27H27NO3. The van der Waals surface area contributed by atoms with Gasteiger partial charge in [0.1, 0.15) is 0 Å². The lowest BCUT2D eigenvalue weighted by molar-refractivity contribution is -0.118. The van der Waals surface area contributed by atoms with Crippen molar-refractivity contribution in [1.82, 2.24) is 0 Å². The van der Waals surface area contributed by atoms with Gasteiger partial charge in [0.15, 0.2) is 17.3 Å². The van der Waals surface area contributed by atoms with Crippen LogP contribution in [0.15, 0.2) is 60.2 Å². The number of hydrogen-bond acceptors (Lipinski definition) is 4. The SMILES string of the molecule is CCOc1cc(C2Nc3ccc4ccccc4c3C3=C2C(=O)CC(C)(C)C3)ccc1O. The Hall–Kier alpha value is -3.27. The predicted octanol–water partition coefficient (Wildman–Crippen LogP) is 6.25. The highest BCUT2D eigenvalue weighted by Crippen LogP contribution is 2.52. The quantitative estimate of drug-likeness (QED) is 0.532. The molecule has 0 spiro atoms. The molecule has 3 aromatic carbocycles. The highest BCUT2D eigenvalue weighted by molar-refractivity contribution is 6.12. The Morgan fingerprint density at radius 1 is 1.10 bits per heavy atom. The van der Waals surface area contributed by atoms with E-state index in [0.29, 0.717) is 18.8 Å². The third kappa shape index (κ3) is 3.27. The molecule has 3 aromatic rings. The van der Waals surface area contributed by atoms with Gasteiger partial charge < -0.3 is 15.2 Å². The first-order valence-corrected chi connectivity index (χ1v) is 10.9. The second-order valence-electron chi connectivity index (χ2n) is 9.28. The van der Waals surface area contributed by atoms with Gasteiger partial charge in [-0.3, -0.25) is 4.79 Å². The minimum atomic E-state index is -0.271. The number of hydrogen-bond donors (Lipinski definition) is 2. The number of aromatic hydroxyl groups is 1. The van der Waals surface area contributed by atoms with Crippen LogP contribution in [0, 0.1) is 5.41 Å². The van der Waals surface area contributed by atoms with E-state index >= 15 is 0 Å². The maximum atomic E-state index is 13.5. The van der Waals surface area contributed by atoms with Crippen molar-refractivity contribution in [3.63, 3.8) is 0 Å². The van der Waals surface area contributed by atoms with Crippen LogP contribution in [0.5, 0.6) is 11.5 Å². The van der Waals surface area contributed by atoms with E-state index in [4.69, 9.17) is 4.74 Å². The molecule has 5 rings (SSSR count). The van der Waals surface area contributed by atoms with Gasteiger partial charge in [0.2, 0.25) is 0 Å². The standard InChI is InChI=1S/C27H27NO3/c1-4-31-23-13-17(10-12-21(23)29)26-25-19(14-27(2,3)15-22(25)30)24-18-8-6-5-7-16(18)9-11-20(24)28-26/h5-13,26,28-29H,4,14-15H2,1-3H3. The highest BCUT2D eigenvalue weighted by Gasteiger charge is 2.40. The number of allylic oxidation sites excluding steroid dienone is 1. The van der Waals surface area contributed by atoms with Crippen molar-refractivity contribution >= 4 is 27.8 Å². The zero-order valence-electron chi connectivity index (χ0n) is 18.2. The number of ether oxygens (including phenoxy) is 1. The summed E-state index contributed by atoms with van der Waals surface area (Å²) in [6.07, 6.45) is 1.38. The monoisotopic (exact) mass is 413 g/mol. The number of benzene rings is 3. The van der Waals surface area contributed by atoms with E-state index < -0.39 is 0 Å². The average molecular weight is 414 g/mol. The second kappa shape index (κ2) is 7.16. The molecule has 0 saturated heterocycles. The van der Waals surface area contributed by atoms with E-state index in [1.165, 1.54) is 10.8 Å². The Labute approximate surface area is 182 Å². The van der Waals surface area contributed by atoms with Gasteiger partial charge >= 0.3 is 0 Å². The number of carbonyl (C=O) groups excluding carboxylic acids is 1. The number of Topliss-reactive ketones (excluding diaryl/α,β-unsaturated/α-hetero) is 1. The minimum absolute atomic E-state index is 0.0859. The molecule has 1 heterocycles. The van der Waals surface area contributed by atoms with Crippen molar-refractivity contribution in [2.75, 3.05) is 11.9 Å². The Morgan fingerprint density at radius 3 is 2.71 bits per heavy atom. The molecule has 2 N–H and O–H groups in total. The molecule has 1 aliphatic heterocycles. The Morgan fingerprint density at radius 2 is 1.90 bits per heavy atom.